The number of carboxylic acid groups (broad SMARTS) is 1. The van der Waals surface area contributed by atoms with E-state index in [1.165, 1.54) is 11.1 Å². The zero-order valence-electron chi connectivity index (χ0n) is 18.2. The molecule has 0 fully saturated rings. The summed E-state index contributed by atoms with van der Waals surface area (Å²) >= 11 is -0.110. The van der Waals surface area contributed by atoms with E-state index in [0.717, 1.165) is 28.6 Å². The number of rotatable bonds is 5. The Morgan fingerprint density at radius 1 is 1.07 bits per heavy atom. The summed E-state index contributed by atoms with van der Waals surface area (Å²) in [5.74, 6) is 3.07. The monoisotopic (exact) mass is 472 g/mol. The molecule has 1 aliphatic carbocycles. The number of aromatic carboxylic acids is 1. The molecule has 158 valence electrons. The van der Waals surface area contributed by atoms with Crippen LogP contribution in [0.5, 0.6) is 5.75 Å². The van der Waals surface area contributed by atoms with Gasteiger partial charge in [0.2, 0.25) is 0 Å². The Morgan fingerprint density at radius 2 is 1.67 bits per heavy atom. The van der Waals surface area contributed by atoms with Gasteiger partial charge in [-0.2, -0.15) is 0 Å². The van der Waals surface area contributed by atoms with Crippen molar-refractivity contribution >= 4 is 25.4 Å². The number of hydrogen-bond donors (Lipinski definition) is 1. The van der Waals surface area contributed by atoms with Crippen LogP contribution in [-0.4, -0.2) is 39.9 Å². The van der Waals surface area contributed by atoms with Gasteiger partial charge in [-0.05, 0) is 0 Å². The van der Waals surface area contributed by atoms with Crippen molar-refractivity contribution in [3.8, 4) is 16.5 Å². The summed E-state index contributed by atoms with van der Waals surface area (Å²) in [6.07, 6.45) is 2.30. The maximum atomic E-state index is 11.0. The van der Waals surface area contributed by atoms with Crippen LogP contribution in [0.15, 0.2) is 36.4 Å². The van der Waals surface area contributed by atoms with Crippen LogP contribution in [0.4, 0.5) is 0 Å². The van der Waals surface area contributed by atoms with Crippen LogP contribution in [0.1, 0.15) is 67.6 Å². The molecule has 0 aromatic heterocycles. The summed E-state index contributed by atoms with van der Waals surface area (Å²) in [5.41, 5.74) is 4.03. The van der Waals surface area contributed by atoms with Crippen molar-refractivity contribution in [2.75, 3.05) is 13.9 Å². The van der Waals surface area contributed by atoms with E-state index < -0.39 is 5.97 Å². The van der Waals surface area contributed by atoms with Crippen LogP contribution in [0.3, 0.4) is 0 Å². The first-order chi connectivity index (χ1) is 14.1. The molecule has 5 heteroatoms. The van der Waals surface area contributed by atoms with Crippen molar-refractivity contribution in [2.24, 2.45) is 0 Å². The second-order valence-corrected chi connectivity index (χ2v) is 10.7. The molecule has 30 heavy (non-hydrogen) atoms. The number of benzene rings is 2. The molecule has 0 heterocycles. The van der Waals surface area contributed by atoms with E-state index in [2.05, 4.69) is 50.6 Å². The van der Waals surface area contributed by atoms with E-state index in [1.807, 2.05) is 0 Å². The molecule has 0 bridgehead atoms. The van der Waals surface area contributed by atoms with Gasteiger partial charge in [0.1, 0.15) is 0 Å². The summed E-state index contributed by atoms with van der Waals surface area (Å²) in [4.78, 5) is 14.3. The summed E-state index contributed by atoms with van der Waals surface area (Å²) in [6.45, 7) is 9.42. The predicted molar refractivity (Wildman–Crippen MR) is 120 cm³/mol. The molecule has 0 aliphatic heterocycles. The average molecular weight is 471 g/mol. The molecule has 2 aromatic carbocycles. The van der Waals surface area contributed by atoms with Gasteiger partial charge in [-0.3, -0.25) is 0 Å². The Morgan fingerprint density at radius 3 is 2.23 bits per heavy atom. The fraction of sp³-hybridized carbons (Fsp3) is 0.400. The summed E-state index contributed by atoms with van der Waals surface area (Å²) in [7, 11) is 1.62. The third-order valence-corrected chi connectivity index (χ3v) is 7.30. The van der Waals surface area contributed by atoms with Gasteiger partial charge in [0.05, 0.1) is 0 Å². The van der Waals surface area contributed by atoms with Crippen LogP contribution in [-0.2, 0) is 15.6 Å². The van der Waals surface area contributed by atoms with Gasteiger partial charge in [0.25, 0.3) is 0 Å². The first-order valence-corrected chi connectivity index (χ1v) is 11.7. The molecule has 0 saturated heterocycles. The van der Waals surface area contributed by atoms with E-state index in [0.29, 0.717) is 0 Å². The standard InChI is InChI=1S/C25H28O4Se/c1-24(2)11-12-25(3,4)20-15-22(21(14-19(20)24)29-16-28-5)30-13-10-17-6-8-18(9-7-17)23(26)27/h6-9,14-15H,11-12,16H2,1-5H3,(H,26,27). The second-order valence-electron chi connectivity index (χ2n) is 8.87. The molecular formula is C25H28O4Se. The van der Waals surface area contributed by atoms with Crippen molar-refractivity contribution in [1.29, 1.82) is 0 Å². The zero-order valence-corrected chi connectivity index (χ0v) is 19.9. The van der Waals surface area contributed by atoms with Crippen molar-refractivity contribution in [1.82, 2.24) is 0 Å². The number of carboxylic acids is 1. The molecular weight excluding hydrogens is 443 g/mol. The topological polar surface area (TPSA) is 55.8 Å². The van der Waals surface area contributed by atoms with E-state index in [1.54, 1.807) is 31.4 Å². The molecule has 3 rings (SSSR count). The van der Waals surface area contributed by atoms with Gasteiger partial charge in [0, 0.05) is 0 Å². The third-order valence-electron chi connectivity index (χ3n) is 5.74. The van der Waals surface area contributed by atoms with Gasteiger partial charge >= 0.3 is 185 Å². The molecule has 0 spiro atoms. The Bertz CT molecular complexity index is 994. The zero-order chi connectivity index (χ0) is 21.9. The van der Waals surface area contributed by atoms with Crippen molar-refractivity contribution in [3.05, 3.63) is 58.7 Å². The number of carbonyl (C=O) groups is 1. The van der Waals surface area contributed by atoms with Gasteiger partial charge in [-0.25, -0.2) is 0 Å². The Kier molecular flexibility index (Phi) is 6.62. The van der Waals surface area contributed by atoms with Crippen molar-refractivity contribution in [3.63, 3.8) is 0 Å². The third kappa shape index (κ3) is 4.90. The van der Waals surface area contributed by atoms with Crippen LogP contribution >= 0.6 is 0 Å². The van der Waals surface area contributed by atoms with E-state index in [-0.39, 0.29) is 38.1 Å². The minimum atomic E-state index is -0.932. The van der Waals surface area contributed by atoms with Crippen LogP contribution in [0, 0.1) is 10.7 Å². The molecule has 0 saturated carbocycles. The van der Waals surface area contributed by atoms with Crippen molar-refractivity contribution in [2.45, 2.75) is 51.4 Å². The Balaban J connectivity index is 1.94. The Hall–Kier alpha value is -2.25. The molecule has 4 nitrogen and oxygen atoms in total. The summed E-state index contributed by atoms with van der Waals surface area (Å²) < 4.78 is 12.2. The fourth-order valence-corrected chi connectivity index (χ4v) is 5.14. The predicted octanol–water partition coefficient (Wildman–Crippen LogP) is 4.06. The normalized spacial score (nSPS) is 16.2. The average Bonchev–Trinajstić information content (AvgIpc) is 2.70. The van der Waals surface area contributed by atoms with E-state index in [9.17, 15) is 4.79 Å². The molecule has 1 aliphatic rings. The molecule has 1 N–H and O–H groups in total. The minimum absolute atomic E-state index is 0.110. The SMILES string of the molecule is COCOc1cc2c(cc1[Se]C#Cc1ccc(C(=O)O)cc1)C(C)(C)CCC2(C)C. The summed E-state index contributed by atoms with van der Waals surface area (Å²) in [6, 6.07) is 11.1. The number of fused-ring (bicyclic) bond motifs is 1. The molecule has 2 aromatic rings. The molecule has 0 unspecified atom stereocenters. The first-order valence-electron chi connectivity index (χ1n) is 9.96. The first kappa shape index (κ1) is 22.4. The summed E-state index contributed by atoms with van der Waals surface area (Å²) in [5, 5.41) is 9.02. The Labute approximate surface area is 185 Å². The van der Waals surface area contributed by atoms with E-state index >= 15 is 0 Å². The molecule has 0 amide bonds. The second kappa shape index (κ2) is 8.86. The van der Waals surface area contributed by atoms with Crippen LogP contribution < -0.4 is 9.20 Å². The molecule has 0 atom stereocenters. The fourth-order valence-electron chi connectivity index (χ4n) is 3.72. The number of hydrogen-bond acceptors (Lipinski definition) is 3. The van der Waals surface area contributed by atoms with Crippen LogP contribution in [0.25, 0.3) is 0 Å². The number of ether oxygens (including phenoxy) is 2. The quantitative estimate of drug-likeness (QED) is 0.406. The molecule has 0 radical (unpaired) electrons. The van der Waals surface area contributed by atoms with Gasteiger partial charge in [-0.15, -0.1) is 0 Å². The van der Waals surface area contributed by atoms with Gasteiger partial charge in [-0.1, -0.05) is 0 Å². The van der Waals surface area contributed by atoms with Gasteiger partial charge < -0.3 is 0 Å². The van der Waals surface area contributed by atoms with Crippen LogP contribution in [0.2, 0.25) is 0 Å². The van der Waals surface area contributed by atoms with Gasteiger partial charge in [0.15, 0.2) is 0 Å². The van der Waals surface area contributed by atoms with E-state index in [4.69, 9.17) is 14.6 Å². The van der Waals surface area contributed by atoms with Crippen molar-refractivity contribution < 1.29 is 19.4 Å². The maximum absolute atomic E-state index is 11.0. The number of methoxy groups -OCH3 is 1.